The number of carbonyl (C=O) groups is 2. The monoisotopic (exact) mass is 633 g/mol. The summed E-state index contributed by atoms with van der Waals surface area (Å²) in [5.41, 5.74) is 1.23. The topological polar surface area (TPSA) is 147 Å². The Kier molecular flexibility index (Phi) is 12.5. The number of para-hydroxylation sites is 2. The largest absolute Gasteiger partial charge is 0.482 e. The molecule has 1 aromatic carbocycles. The number of benzene rings is 1. The Labute approximate surface area is 256 Å². The number of anilines is 1. The average Bonchev–Trinajstić information content (AvgIpc) is 3.00. The fourth-order valence-electron chi connectivity index (χ4n) is 4.58. The van der Waals surface area contributed by atoms with Crippen molar-refractivity contribution in [3.05, 3.63) is 99.1 Å². The van der Waals surface area contributed by atoms with Gasteiger partial charge in [0.1, 0.15) is 5.75 Å². The fraction of sp³-hybridized carbons (Fsp3) is 0.367. The van der Waals surface area contributed by atoms with Gasteiger partial charge in [-0.25, -0.2) is 14.4 Å². The number of aromatic nitrogens is 3. The van der Waals surface area contributed by atoms with E-state index in [-0.39, 0.29) is 23.5 Å². The molecule has 1 aliphatic heterocycles. The Balaban J connectivity index is 0.000000610. The minimum atomic E-state index is -4.40. The van der Waals surface area contributed by atoms with Crippen molar-refractivity contribution in [1.29, 1.82) is 0 Å². The van der Waals surface area contributed by atoms with Gasteiger partial charge in [0, 0.05) is 62.8 Å². The van der Waals surface area contributed by atoms with Gasteiger partial charge in [-0.15, -0.1) is 0 Å². The Morgan fingerprint density at radius 3 is 2.20 bits per heavy atom. The van der Waals surface area contributed by atoms with Crippen LogP contribution in [-0.2, 0) is 22.7 Å². The number of pyridine rings is 1. The minimum absolute atomic E-state index is 0.217. The van der Waals surface area contributed by atoms with Crippen LogP contribution >= 0.6 is 0 Å². The number of halogens is 3. The molecule has 0 aliphatic carbocycles. The molecule has 0 amide bonds. The zero-order valence-corrected chi connectivity index (χ0v) is 24.5. The number of aliphatic carboxylic acids is 2. The molecule has 4 rings (SSSR count). The van der Waals surface area contributed by atoms with Crippen LogP contribution in [0.2, 0.25) is 0 Å². The number of carboxylic acids is 2. The first-order valence-corrected chi connectivity index (χ1v) is 13.9. The molecule has 3 heterocycles. The van der Waals surface area contributed by atoms with Gasteiger partial charge in [-0.2, -0.15) is 13.2 Å². The van der Waals surface area contributed by atoms with E-state index < -0.39 is 24.7 Å². The molecule has 3 aromatic rings. The summed E-state index contributed by atoms with van der Waals surface area (Å²) in [5.74, 6) is -2.30. The molecule has 2 N–H and O–H groups in total. The van der Waals surface area contributed by atoms with Crippen LogP contribution in [0.5, 0.6) is 5.75 Å². The molecular formula is C30H34F3N5O7. The highest BCUT2D eigenvalue weighted by molar-refractivity contribution is 5.89. The summed E-state index contributed by atoms with van der Waals surface area (Å²) in [4.78, 5) is 53.2. The van der Waals surface area contributed by atoms with Crippen LogP contribution in [0, 0.1) is 6.92 Å². The Bertz CT molecular complexity index is 1570. The lowest BCUT2D eigenvalue weighted by Gasteiger charge is -2.36. The number of aryl methyl sites for hydroxylation is 1. The van der Waals surface area contributed by atoms with Gasteiger partial charge in [-0.05, 0) is 44.2 Å². The lowest BCUT2D eigenvalue weighted by atomic mass is 10.2. The smallest absolute Gasteiger partial charge is 0.422 e. The summed E-state index contributed by atoms with van der Waals surface area (Å²) in [5, 5.41) is 15.6. The Morgan fingerprint density at radius 1 is 0.956 bits per heavy atom. The zero-order chi connectivity index (χ0) is 33.0. The molecule has 1 saturated heterocycles. The van der Waals surface area contributed by atoms with Crippen molar-refractivity contribution >= 4 is 17.6 Å². The number of piperazine rings is 1. The maximum absolute atomic E-state index is 13.0. The summed E-state index contributed by atoms with van der Waals surface area (Å²) in [6, 6.07) is 12.2. The molecule has 0 spiro atoms. The molecular weight excluding hydrogens is 599 g/mol. The minimum Gasteiger partial charge on any atom is -0.482 e. The molecule has 0 bridgehead atoms. The molecule has 1 fully saturated rings. The summed E-state index contributed by atoms with van der Waals surface area (Å²) >= 11 is 0. The number of rotatable bonds is 11. The van der Waals surface area contributed by atoms with Crippen molar-refractivity contribution in [2.24, 2.45) is 0 Å². The van der Waals surface area contributed by atoms with Crippen LogP contribution in [0.3, 0.4) is 0 Å². The molecule has 0 radical (unpaired) electrons. The van der Waals surface area contributed by atoms with Crippen molar-refractivity contribution in [3.8, 4) is 5.75 Å². The van der Waals surface area contributed by atoms with E-state index in [2.05, 4.69) is 9.88 Å². The third-order valence-electron chi connectivity index (χ3n) is 6.66. The summed E-state index contributed by atoms with van der Waals surface area (Å²) < 4.78 is 45.6. The first-order valence-electron chi connectivity index (χ1n) is 13.9. The molecule has 0 unspecified atom stereocenters. The third kappa shape index (κ3) is 11.3. The van der Waals surface area contributed by atoms with E-state index in [9.17, 15) is 32.3 Å². The van der Waals surface area contributed by atoms with Gasteiger partial charge in [-0.1, -0.05) is 18.2 Å². The quantitative estimate of drug-likeness (QED) is 0.302. The number of hydrogen-bond donors (Lipinski definition) is 2. The van der Waals surface area contributed by atoms with Gasteiger partial charge in [0.2, 0.25) is 0 Å². The van der Waals surface area contributed by atoms with Crippen molar-refractivity contribution in [2.75, 3.05) is 44.2 Å². The molecule has 45 heavy (non-hydrogen) atoms. The normalized spacial score (nSPS) is 13.7. The van der Waals surface area contributed by atoms with Crippen LogP contribution in [0.1, 0.15) is 17.7 Å². The first kappa shape index (κ1) is 34.6. The second kappa shape index (κ2) is 16.2. The van der Waals surface area contributed by atoms with Crippen LogP contribution in [0.25, 0.3) is 0 Å². The maximum atomic E-state index is 13.0. The van der Waals surface area contributed by atoms with Crippen molar-refractivity contribution in [1.82, 2.24) is 19.0 Å². The SMILES string of the molecule is Cc1cn(Cc2ccccn2)c(=O)n(CCCN2CCN(c3ccccc3OCC(F)(F)F)CC2)c1=O.O=C(O)C=CC(=O)O. The highest BCUT2D eigenvalue weighted by atomic mass is 19.4. The number of alkyl halides is 3. The number of hydrogen-bond acceptors (Lipinski definition) is 8. The summed E-state index contributed by atoms with van der Waals surface area (Å²) in [6.45, 7) is 4.34. The van der Waals surface area contributed by atoms with Crippen molar-refractivity contribution in [3.63, 3.8) is 0 Å². The highest BCUT2D eigenvalue weighted by Crippen LogP contribution is 2.30. The van der Waals surface area contributed by atoms with Crippen LogP contribution in [0.4, 0.5) is 18.9 Å². The number of ether oxygens (including phenoxy) is 1. The fourth-order valence-corrected chi connectivity index (χ4v) is 4.58. The Hall–Kier alpha value is -4.92. The van der Waals surface area contributed by atoms with Crippen molar-refractivity contribution < 1.29 is 37.7 Å². The van der Waals surface area contributed by atoms with E-state index in [4.69, 9.17) is 14.9 Å². The third-order valence-corrected chi connectivity index (χ3v) is 6.66. The molecule has 1 aliphatic rings. The number of nitrogens with zero attached hydrogens (tertiary/aromatic N) is 5. The second-order valence-electron chi connectivity index (χ2n) is 10.1. The predicted octanol–water partition coefficient (Wildman–Crippen LogP) is 2.63. The first-order chi connectivity index (χ1) is 21.3. The van der Waals surface area contributed by atoms with Gasteiger partial charge in [-0.3, -0.25) is 23.8 Å². The maximum Gasteiger partial charge on any atom is 0.422 e. The van der Waals surface area contributed by atoms with E-state index >= 15 is 0 Å². The lowest BCUT2D eigenvalue weighted by molar-refractivity contribution is -0.153. The van der Waals surface area contributed by atoms with Gasteiger partial charge < -0.3 is 19.8 Å². The van der Waals surface area contributed by atoms with Gasteiger partial charge in [0.25, 0.3) is 5.56 Å². The van der Waals surface area contributed by atoms with Crippen LogP contribution in [-0.4, -0.2) is 86.7 Å². The van der Waals surface area contributed by atoms with Gasteiger partial charge in [0.05, 0.1) is 17.9 Å². The second-order valence-corrected chi connectivity index (χ2v) is 10.1. The van der Waals surface area contributed by atoms with E-state index in [1.54, 1.807) is 49.6 Å². The summed E-state index contributed by atoms with van der Waals surface area (Å²) in [6.07, 6.45) is 0.577. The average molecular weight is 634 g/mol. The Morgan fingerprint density at radius 2 is 1.60 bits per heavy atom. The van der Waals surface area contributed by atoms with E-state index in [1.807, 2.05) is 17.0 Å². The van der Waals surface area contributed by atoms with E-state index in [0.717, 1.165) is 5.69 Å². The van der Waals surface area contributed by atoms with Crippen LogP contribution in [0.15, 0.2) is 76.6 Å². The lowest BCUT2D eigenvalue weighted by Crippen LogP contribution is -2.47. The van der Waals surface area contributed by atoms with Crippen LogP contribution < -0.4 is 20.9 Å². The van der Waals surface area contributed by atoms with Gasteiger partial charge in [0.15, 0.2) is 6.61 Å². The molecule has 2 aromatic heterocycles. The zero-order valence-electron chi connectivity index (χ0n) is 24.5. The summed E-state index contributed by atoms with van der Waals surface area (Å²) in [7, 11) is 0. The molecule has 0 atom stereocenters. The highest BCUT2D eigenvalue weighted by Gasteiger charge is 2.29. The van der Waals surface area contributed by atoms with Crippen molar-refractivity contribution in [2.45, 2.75) is 32.6 Å². The predicted molar refractivity (Wildman–Crippen MR) is 159 cm³/mol. The molecule has 15 heteroatoms. The number of carboxylic acid groups (broad SMARTS) is 2. The van der Waals surface area contributed by atoms with E-state index in [0.29, 0.717) is 69.1 Å². The standard InChI is InChI=1S/C26H30F3N5O3.C4H4O4/c1-20-17-33(18-21-7-4-5-10-30-21)25(36)34(24(20)35)12-6-11-31-13-15-32(16-14-31)22-8-2-3-9-23(22)37-19-26(27,28)29;5-3(6)1-2-4(7)8/h2-5,7-10,17H,6,11-16,18-19H2,1H3;1-2H,(H,5,6)(H,7,8). The molecule has 242 valence electrons. The van der Waals surface area contributed by atoms with E-state index in [1.165, 1.54) is 9.13 Å². The molecule has 0 saturated carbocycles. The molecule has 12 nitrogen and oxygen atoms in total. The van der Waals surface area contributed by atoms with Gasteiger partial charge >= 0.3 is 23.8 Å².